The number of amides is 1. The Morgan fingerprint density at radius 3 is 2.67 bits per heavy atom. The van der Waals surface area contributed by atoms with Gasteiger partial charge in [0.05, 0.1) is 6.04 Å². The maximum absolute atomic E-state index is 11.9. The van der Waals surface area contributed by atoms with Crippen molar-refractivity contribution in [3.63, 3.8) is 0 Å². The minimum Gasteiger partial charge on any atom is -0.354 e. The summed E-state index contributed by atoms with van der Waals surface area (Å²) in [6.45, 7) is 2.95. The Hall–Kier alpha value is -1.35. The van der Waals surface area contributed by atoms with E-state index < -0.39 is 6.04 Å². The van der Waals surface area contributed by atoms with Gasteiger partial charge in [0.2, 0.25) is 5.91 Å². The number of benzene rings is 1. The van der Waals surface area contributed by atoms with Crippen LogP contribution in [0.2, 0.25) is 0 Å². The smallest absolute Gasteiger partial charge is 0.237 e. The van der Waals surface area contributed by atoms with Crippen molar-refractivity contribution < 1.29 is 4.79 Å². The van der Waals surface area contributed by atoms with Crippen LogP contribution >= 0.6 is 0 Å². The number of nitrogens with one attached hydrogen (secondary N) is 1. The molecule has 1 aromatic carbocycles. The standard InChI is InChI=1S/C15H22N2O/c1-11(13-7-8-13)10-17-15(18)14(16)9-12-5-3-2-4-6-12/h2-6,11,13-14H,7-10,16H2,1H3,(H,17,18)/t11?,14-/m1/s1. The highest BCUT2D eigenvalue weighted by Crippen LogP contribution is 2.36. The van der Waals surface area contributed by atoms with E-state index in [9.17, 15) is 4.79 Å². The summed E-state index contributed by atoms with van der Waals surface area (Å²) in [5, 5.41) is 2.96. The highest BCUT2D eigenvalue weighted by atomic mass is 16.2. The second-order valence-electron chi connectivity index (χ2n) is 5.36. The molecular weight excluding hydrogens is 224 g/mol. The monoisotopic (exact) mass is 246 g/mol. The summed E-state index contributed by atoms with van der Waals surface area (Å²) in [6.07, 6.45) is 3.23. The minimum absolute atomic E-state index is 0.0358. The fourth-order valence-corrected chi connectivity index (χ4v) is 2.19. The Morgan fingerprint density at radius 2 is 2.06 bits per heavy atom. The number of nitrogens with two attached hydrogens (primary N) is 1. The molecule has 1 aliphatic rings. The molecule has 0 radical (unpaired) electrons. The van der Waals surface area contributed by atoms with Gasteiger partial charge in [-0.05, 0) is 36.7 Å². The van der Waals surface area contributed by atoms with Crippen molar-refractivity contribution in [2.75, 3.05) is 6.54 Å². The van der Waals surface area contributed by atoms with Crippen LogP contribution in [-0.4, -0.2) is 18.5 Å². The summed E-state index contributed by atoms with van der Waals surface area (Å²) in [5.74, 6) is 1.36. The summed E-state index contributed by atoms with van der Waals surface area (Å²) in [7, 11) is 0. The van der Waals surface area contributed by atoms with Gasteiger partial charge < -0.3 is 11.1 Å². The molecule has 1 unspecified atom stereocenters. The molecule has 0 bridgehead atoms. The predicted molar refractivity (Wildman–Crippen MR) is 73.0 cm³/mol. The van der Waals surface area contributed by atoms with Crippen molar-refractivity contribution in [2.45, 2.75) is 32.2 Å². The van der Waals surface area contributed by atoms with Gasteiger partial charge in [-0.2, -0.15) is 0 Å². The summed E-state index contributed by atoms with van der Waals surface area (Å²) in [4.78, 5) is 11.9. The molecule has 3 N–H and O–H groups in total. The molecule has 1 fully saturated rings. The molecular formula is C15H22N2O. The highest BCUT2D eigenvalue weighted by molar-refractivity contribution is 5.81. The molecule has 0 heterocycles. The van der Waals surface area contributed by atoms with E-state index in [2.05, 4.69) is 12.2 Å². The van der Waals surface area contributed by atoms with Crippen LogP contribution < -0.4 is 11.1 Å². The third kappa shape index (κ3) is 3.84. The van der Waals surface area contributed by atoms with Gasteiger partial charge in [-0.1, -0.05) is 37.3 Å². The van der Waals surface area contributed by atoms with Crippen LogP contribution in [0.3, 0.4) is 0 Å². The SMILES string of the molecule is CC(CNC(=O)[C@H](N)Cc1ccccc1)C1CC1. The second-order valence-corrected chi connectivity index (χ2v) is 5.36. The van der Waals surface area contributed by atoms with Gasteiger partial charge in [-0.3, -0.25) is 4.79 Å². The zero-order valence-electron chi connectivity index (χ0n) is 10.9. The van der Waals surface area contributed by atoms with Crippen LogP contribution in [0.25, 0.3) is 0 Å². The third-order valence-electron chi connectivity index (χ3n) is 3.66. The lowest BCUT2D eigenvalue weighted by molar-refractivity contribution is -0.122. The molecule has 3 heteroatoms. The molecule has 1 aromatic rings. The van der Waals surface area contributed by atoms with Crippen LogP contribution in [0.15, 0.2) is 30.3 Å². The number of rotatable bonds is 6. The van der Waals surface area contributed by atoms with Crippen molar-refractivity contribution >= 4 is 5.91 Å². The molecule has 2 atom stereocenters. The molecule has 3 nitrogen and oxygen atoms in total. The maximum Gasteiger partial charge on any atom is 0.237 e. The predicted octanol–water partition coefficient (Wildman–Crippen LogP) is 1.72. The van der Waals surface area contributed by atoms with E-state index in [4.69, 9.17) is 5.73 Å². The first-order chi connectivity index (χ1) is 8.66. The van der Waals surface area contributed by atoms with Crippen molar-refractivity contribution in [1.82, 2.24) is 5.32 Å². The van der Waals surface area contributed by atoms with Crippen LogP contribution in [0.1, 0.15) is 25.3 Å². The Labute approximate surface area is 109 Å². The fourth-order valence-electron chi connectivity index (χ4n) is 2.19. The Bertz CT molecular complexity index is 387. The molecule has 2 rings (SSSR count). The number of carbonyl (C=O) groups excluding carboxylic acids is 1. The fraction of sp³-hybridized carbons (Fsp3) is 0.533. The average molecular weight is 246 g/mol. The van der Waals surface area contributed by atoms with Crippen LogP contribution in [0.4, 0.5) is 0 Å². The molecule has 98 valence electrons. The zero-order valence-corrected chi connectivity index (χ0v) is 10.9. The average Bonchev–Trinajstić information content (AvgIpc) is 3.21. The van der Waals surface area contributed by atoms with Crippen molar-refractivity contribution in [3.05, 3.63) is 35.9 Å². The Kier molecular flexibility index (Phi) is 4.37. The second kappa shape index (κ2) is 6.01. The Balaban J connectivity index is 1.74. The lowest BCUT2D eigenvalue weighted by atomic mass is 10.0. The lowest BCUT2D eigenvalue weighted by Gasteiger charge is -2.15. The zero-order chi connectivity index (χ0) is 13.0. The van der Waals surface area contributed by atoms with Crippen LogP contribution in [0.5, 0.6) is 0 Å². The summed E-state index contributed by atoms with van der Waals surface area (Å²) in [5.41, 5.74) is 7.02. The number of hydrogen-bond acceptors (Lipinski definition) is 2. The number of carbonyl (C=O) groups is 1. The summed E-state index contributed by atoms with van der Waals surface area (Å²) in [6, 6.07) is 9.45. The topological polar surface area (TPSA) is 55.1 Å². The van der Waals surface area contributed by atoms with Gasteiger partial charge in [0.25, 0.3) is 0 Å². The van der Waals surface area contributed by atoms with Crippen molar-refractivity contribution in [3.8, 4) is 0 Å². The molecule has 1 amide bonds. The van der Waals surface area contributed by atoms with E-state index >= 15 is 0 Å². The molecule has 0 saturated heterocycles. The largest absolute Gasteiger partial charge is 0.354 e. The quantitative estimate of drug-likeness (QED) is 0.803. The van der Waals surface area contributed by atoms with E-state index in [0.717, 1.165) is 18.0 Å². The molecule has 0 aromatic heterocycles. The molecule has 18 heavy (non-hydrogen) atoms. The van der Waals surface area contributed by atoms with E-state index in [-0.39, 0.29) is 5.91 Å². The first kappa shape index (κ1) is 13.1. The van der Waals surface area contributed by atoms with Gasteiger partial charge in [-0.15, -0.1) is 0 Å². The summed E-state index contributed by atoms with van der Waals surface area (Å²) >= 11 is 0. The van der Waals surface area contributed by atoms with Crippen LogP contribution in [-0.2, 0) is 11.2 Å². The van der Waals surface area contributed by atoms with Gasteiger partial charge in [0, 0.05) is 6.54 Å². The highest BCUT2D eigenvalue weighted by Gasteiger charge is 2.28. The number of hydrogen-bond donors (Lipinski definition) is 2. The van der Waals surface area contributed by atoms with Crippen molar-refractivity contribution in [2.24, 2.45) is 17.6 Å². The third-order valence-corrected chi connectivity index (χ3v) is 3.66. The molecule has 1 saturated carbocycles. The van der Waals surface area contributed by atoms with Gasteiger partial charge in [-0.25, -0.2) is 0 Å². The first-order valence-electron chi connectivity index (χ1n) is 6.74. The first-order valence-corrected chi connectivity index (χ1v) is 6.74. The minimum atomic E-state index is -0.446. The normalized spacial score (nSPS) is 18.1. The van der Waals surface area contributed by atoms with Crippen molar-refractivity contribution in [1.29, 1.82) is 0 Å². The molecule has 1 aliphatic carbocycles. The maximum atomic E-state index is 11.9. The summed E-state index contributed by atoms with van der Waals surface area (Å²) < 4.78 is 0. The molecule has 0 aliphatic heterocycles. The van der Waals surface area contributed by atoms with Gasteiger partial charge in [0.1, 0.15) is 0 Å². The Morgan fingerprint density at radius 1 is 1.39 bits per heavy atom. The molecule has 0 spiro atoms. The van der Waals surface area contributed by atoms with Crippen LogP contribution in [0, 0.1) is 11.8 Å². The van der Waals surface area contributed by atoms with Gasteiger partial charge >= 0.3 is 0 Å². The van der Waals surface area contributed by atoms with E-state index in [1.807, 2.05) is 30.3 Å². The van der Waals surface area contributed by atoms with Gasteiger partial charge in [0.15, 0.2) is 0 Å². The van der Waals surface area contributed by atoms with E-state index in [1.165, 1.54) is 12.8 Å². The lowest BCUT2D eigenvalue weighted by Crippen LogP contribution is -2.43. The van der Waals surface area contributed by atoms with E-state index in [1.54, 1.807) is 0 Å². The van der Waals surface area contributed by atoms with E-state index in [0.29, 0.717) is 12.3 Å².